The van der Waals surface area contributed by atoms with Crippen LogP contribution in [0.25, 0.3) is 0 Å². The van der Waals surface area contributed by atoms with Gasteiger partial charge in [-0.1, -0.05) is 0 Å². The van der Waals surface area contributed by atoms with Gasteiger partial charge in [-0.05, 0) is 6.92 Å². The first-order chi connectivity index (χ1) is 9.49. The summed E-state index contributed by atoms with van der Waals surface area (Å²) in [5.74, 6) is -1.10. The molecule has 20 heavy (non-hydrogen) atoms. The summed E-state index contributed by atoms with van der Waals surface area (Å²) >= 11 is 0. The fourth-order valence-corrected chi connectivity index (χ4v) is 2.28. The number of amides is 3. The van der Waals surface area contributed by atoms with Gasteiger partial charge < -0.3 is 14.6 Å². The highest BCUT2D eigenvalue weighted by molar-refractivity contribution is 5.99. The van der Waals surface area contributed by atoms with E-state index in [1.54, 1.807) is 6.92 Å². The van der Waals surface area contributed by atoms with Crippen molar-refractivity contribution < 1.29 is 33.0 Å². The van der Waals surface area contributed by atoms with E-state index in [-0.39, 0.29) is 13.0 Å². The lowest BCUT2D eigenvalue weighted by Crippen LogP contribution is -2.65. The van der Waals surface area contributed by atoms with Crippen molar-refractivity contribution in [2.75, 3.05) is 13.2 Å². The zero-order chi connectivity index (χ0) is 14.9. The van der Waals surface area contributed by atoms with E-state index in [0.29, 0.717) is 0 Å². The van der Waals surface area contributed by atoms with Gasteiger partial charge in [-0.2, -0.15) is 0 Å². The average molecular weight is 294 g/mol. The number of carbonyl (C=O) groups is 2. The van der Waals surface area contributed by atoms with Crippen molar-refractivity contribution in [3.05, 3.63) is 0 Å². The predicted molar refractivity (Wildman–Crippen MR) is 60.9 cm³/mol. The largest absolute Gasteiger partial charge is 0.394 e. The molecule has 0 spiro atoms. The molecular formula is C11H16F2N2O5. The molecule has 2 rings (SSSR count). The maximum absolute atomic E-state index is 13.9. The van der Waals surface area contributed by atoms with Crippen LogP contribution >= 0.6 is 0 Å². The van der Waals surface area contributed by atoms with Crippen molar-refractivity contribution in [2.45, 2.75) is 44.2 Å². The molecule has 2 heterocycles. The SMILES string of the molecule is CCOC1C(F)C(=O)NC(=O)N1[C@@H]1CC(F)[C@H](CO)O1. The minimum Gasteiger partial charge on any atom is -0.394 e. The number of rotatable bonds is 4. The van der Waals surface area contributed by atoms with Crippen LogP contribution in [0, 0.1) is 0 Å². The minimum atomic E-state index is -2.08. The molecular weight excluding hydrogens is 278 g/mol. The van der Waals surface area contributed by atoms with Gasteiger partial charge in [0, 0.05) is 13.0 Å². The fourth-order valence-electron chi connectivity index (χ4n) is 2.28. The predicted octanol–water partition coefficient (Wildman–Crippen LogP) is -0.316. The summed E-state index contributed by atoms with van der Waals surface area (Å²) < 4.78 is 37.7. The Bertz CT molecular complexity index is 397. The molecule has 0 aromatic rings. The molecule has 2 saturated heterocycles. The van der Waals surface area contributed by atoms with Gasteiger partial charge in [0.05, 0.1) is 6.61 Å². The number of urea groups is 1. The molecule has 7 nitrogen and oxygen atoms in total. The first-order valence-electron chi connectivity index (χ1n) is 6.28. The Labute approximate surface area is 113 Å². The van der Waals surface area contributed by atoms with Gasteiger partial charge >= 0.3 is 6.03 Å². The number of nitrogens with one attached hydrogen (secondary N) is 1. The smallest absolute Gasteiger partial charge is 0.328 e. The van der Waals surface area contributed by atoms with Gasteiger partial charge in [-0.25, -0.2) is 13.6 Å². The Morgan fingerprint density at radius 1 is 1.50 bits per heavy atom. The van der Waals surface area contributed by atoms with Crippen molar-refractivity contribution in [1.82, 2.24) is 10.2 Å². The third kappa shape index (κ3) is 2.60. The summed E-state index contributed by atoms with van der Waals surface area (Å²) in [5, 5.41) is 10.8. The van der Waals surface area contributed by atoms with Crippen LogP contribution in [0.4, 0.5) is 13.6 Å². The number of carbonyl (C=O) groups excluding carboxylic acids is 2. The standard InChI is InChI=1S/C11H16F2N2O5/c1-2-19-10-8(13)9(17)14-11(18)15(10)7-3-5(12)6(4-16)20-7/h5-8,10,16H,2-4H2,1H3,(H,14,17,18)/t5?,6-,7-,8?,10?/m0/s1. The van der Waals surface area contributed by atoms with Crippen molar-refractivity contribution in [2.24, 2.45) is 0 Å². The Balaban J connectivity index is 2.18. The lowest BCUT2D eigenvalue weighted by Gasteiger charge is -2.39. The lowest BCUT2D eigenvalue weighted by molar-refractivity contribution is -0.169. The van der Waals surface area contributed by atoms with Crippen LogP contribution in [-0.2, 0) is 14.3 Å². The molecule has 0 aliphatic carbocycles. The topological polar surface area (TPSA) is 88.1 Å². The summed E-state index contributed by atoms with van der Waals surface area (Å²) in [6.45, 7) is 1.09. The number of nitrogens with zero attached hydrogens (tertiary/aromatic N) is 1. The highest BCUT2D eigenvalue weighted by Gasteiger charge is 2.49. The summed E-state index contributed by atoms with van der Waals surface area (Å²) in [6.07, 6.45) is -7.41. The lowest BCUT2D eigenvalue weighted by atomic mass is 10.1. The Morgan fingerprint density at radius 2 is 2.20 bits per heavy atom. The maximum atomic E-state index is 13.9. The summed E-state index contributed by atoms with van der Waals surface area (Å²) in [5.41, 5.74) is 0. The van der Waals surface area contributed by atoms with E-state index in [2.05, 4.69) is 0 Å². The molecule has 114 valence electrons. The molecule has 9 heteroatoms. The number of imide groups is 1. The van der Waals surface area contributed by atoms with Crippen LogP contribution in [0.2, 0.25) is 0 Å². The highest BCUT2D eigenvalue weighted by atomic mass is 19.1. The van der Waals surface area contributed by atoms with Crippen molar-refractivity contribution >= 4 is 11.9 Å². The normalized spacial score (nSPS) is 38.2. The molecule has 0 aromatic carbocycles. The quantitative estimate of drug-likeness (QED) is 0.742. The van der Waals surface area contributed by atoms with Gasteiger partial charge in [0.1, 0.15) is 18.5 Å². The molecule has 2 aliphatic rings. The van der Waals surface area contributed by atoms with Gasteiger partial charge in [0.15, 0.2) is 6.23 Å². The molecule has 2 fully saturated rings. The van der Waals surface area contributed by atoms with Crippen molar-refractivity contribution in [3.63, 3.8) is 0 Å². The average Bonchev–Trinajstić information content (AvgIpc) is 2.76. The van der Waals surface area contributed by atoms with E-state index in [9.17, 15) is 18.4 Å². The molecule has 0 saturated carbocycles. The number of hydrogen-bond acceptors (Lipinski definition) is 5. The Hall–Kier alpha value is -1.32. The van der Waals surface area contributed by atoms with E-state index in [4.69, 9.17) is 14.6 Å². The monoisotopic (exact) mass is 294 g/mol. The first-order valence-corrected chi connectivity index (χ1v) is 6.28. The molecule has 2 aliphatic heterocycles. The Morgan fingerprint density at radius 3 is 2.75 bits per heavy atom. The molecule has 0 aromatic heterocycles. The molecule has 5 atom stereocenters. The fraction of sp³-hybridized carbons (Fsp3) is 0.818. The highest BCUT2D eigenvalue weighted by Crippen LogP contribution is 2.30. The van der Waals surface area contributed by atoms with Gasteiger partial charge in [0.2, 0.25) is 6.17 Å². The molecule has 0 radical (unpaired) electrons. The number of aliphatic hydroxyl groups is 1. The van der Waals surface area contributed by atoms with Gasteiger partial charge in [-0.15, -0.1) is 0 Å². The zero-order valence-electron chi connectivity index (χ0n) is 10.8. The number of alkyl halides is 2. The summed E-state index contributed by atoms with van der Waals surface area (Å²) in [4.78, 5) is 23.9. The first kappa shape index (κ1) is 15.1. The van der Waals surface area contributed by atoms with Crippen molar-refractivity contribution in [3.8, 4) is 0 Å². The van der Waals surface area contributed by atoms with E-state index in [1.165, 1.54) is 0 Å². The van der Waals surface area contributed by atoms with Crippen LogP contribution < -0.4 is 5.32 Å². The van der Waals surface area contributed by atoms with E-state index in [1.807, 2.05) is 5.32 Å². The van der Waals surface area contributed by atoms with E-state index >= 15 is 0 Å². The number of ether oxygens (including phenoxy) is 2. The van der Waals surface area contributed by atoms with Crippen LogP contribution in [0.1, 0.15) is 13.3 Å². The summed E-state index contributed by atoms with van der Waals surface area (Å²) in [6, 6.07) is -0.905. The van der Waals surface area contributed by atoms with Gasteiger partial charge in [-0.3, -0.25) is 15.0 Å². The second-order valence-electron chi connectivity index (χ2n) is 4.51. The van der Waals surface area contributed by atoms with Crippen molar-refractivity contribution in [1.29, 1.82) is 0 Å². The summed E-state index contributed by atoms with van der Waals surface area (Å²) in [7, 11) is 0. The minimum absolute atomic E-state index is 0.0668. The number of aliphatic hydroxyl groups excluding tert-OH is 1. The second kappa shape index (κ2) is 5.98. The second-order valence-corrected chi connectivity index (χ2v) is 4.51. The zero-order valence-corrected chi connectivity index (χ0v) is 10.8. The molecule has 2 N–H and O–H groups in total. The van der Waals surface area contributed by atoms with Crippen LogP contribution in [0.15, 0.2) is 0 Å². The van der Waals surface area contributed by atoms with Crippen LogP contribution in [0.3, 0.4) is 0 Å². The number of halogens is 2. The maximum Gasteiger partial charge on any atom is 0.328 e. The third-order valence-electron chi connectivity index (χ3n) is 3.23. The van der Waals surface area contributed by atoms with Crippen LogP contribution in [-0.4, -0.2) is 66.1 Å². The van der Waals surface area contributed by atoms with Crippen LogP contribution in [0.5, 0.6) is 0 Å². The van der Waals surface area contributed by atoms with E-state index < -0.39 is 49.4 Å². The Kier molecular flexibility index (Phi) is 4.51. The molecule has 0 bridgehead atoms. The van der Waals surface area contributed by atoms with Gasteiger partial charge in [0.25, 0.3) is 5.91 Å². The number of hydrogen-bond donors (Lipinski definition) is 2. The molecule has 3 amide bonds. The molecule has 3 unspecified atom stereocenters. The third-order valence-corrected chi connectivity index (χ3v) is 3.23. The van der Waals surface area contributed by atoms with E-state index in [0.717, 1.165) is 4.90 Å².